The molecule has 0 N–H and O–H groups in total. The van der Waals surface area contributed by atoms with Gasteiger partial charge in [0.15, 0.2) is 0 Å². The quantitative estimate of drug-likeness (QED) is 0.462. The monoisotopic (exact) mass is 116 g/mol. The first kappa shape index (κ1) is 6.77. The topological polar surface area (TPSA) is 0 Å². The van der Waals surface area contributed by atoms with E-state index in [0.29, 0.717) is 0 Å². The Kier molecular flexibility index (Phi) is 3.81. The van der Waals surface area contributed by atoms with Crippen molar-refractivity contribution in [3.63, 3.8) is 0 Å². The van der Waals surface area contributed by atoms with Crippen LogP contribution in [0.5, 0.6) is 0 Å². The largest absolute Gasteiger partial charge is 0.0862 e. The van der Waals surface area contributed by atoms with Gasteiger partial charge in [-0.05, 0) is 19.9 Å². The predicted octanol–water partition coefficient (Wildman–Crippen LogP) is 2.71. The fourth-order valence-corrected chi connectivity index (χ4v) is 0.381. The molecule has 0 aliphatic heterocycles. The third-order valence-electron chi connectivity index (χ3n) is 0.602. The molecular formula is C6H9Cl. The molecule has 0 aromatic rings. The molecular weight excluding hydrogens is 108 g/mol. The van der Waals surface area contributed by atoms with Crippen LogP contribution in [0.2, 0.25) is 0 Å². The van der Waals surface area contributed by atoms with Gasteiger partial charge in [0, 0.05) is 5.03 Å². The summed E-state index contributed by atoms with van der Waals surface area (Å²) in [5.41, 5.74) is 0. The Bertz CT molecular complexity index is 90.4. The third kappa shape index (κ3) is 3.60. The highest BCUT2D eigenvalue weighted by Gasteiger charge is 1.73. The lowest BCUT2D eigenvalue weighted by Crippen LogP contribution is -1.54. The summed E-state index contributed by atoms with van der Waals surface area (Å²) in [6, 6.07) is 0. The Labute approximate surface area is 49.5 Å². The van der Waals surface area contributed by atoms with Gasteiger partial charge in [0.1, 0.15) is 0 Å². The summed E-state index contributed by atoms with van der Waals surface area (Å²) in [6.07, 6.45) is 5.60. The molecule has 0 atom stereocenters. The number of allylic oxidation sites excluding steroid dienone is 4. The lowest BCUT2D eigenvalue weighted by atomic mass is 10.4. The molecule has 0 radical (unpaired) electrons. The summed E-state index contributed by atoms with van der Waals surface area (Å²) < 4.78 is 0. The summed E-state index contributed by atoms with van der Waals surface area (Å²) in [5, 5.41) is 0.794. The number of hydrogen-bond acceptors (Lipinski definition) is 0. The Morgan fingerprint density at radius 3 is 2.14 bits per heavy atom. The van der Waals surface area contributed by atoms with Crippen molar-refractivity contribution in [3.8, 4) is 0 Å². The molecule has 0 aromatic heterocycles. The van der Waals surface area contributed by atoms with Crippen molar-refractivity contribution in [2.45, 2.75) is 13.8 Å². The highest BCUT2D eigenvalue weighted by molar-refractivity contribution is 6.31. The van der Waals surface area contributed by atoms with Crippen LogP contribution in [0.1, 0.15) is 13.8 Å². The van der Waals surface area contributed by atoms with E-state index >= 15 is 0 Å². The zero-order valence-electron chi connectivity index (χ0n) is 4.61. The zero-order chi connectivity index (χ0) is 5.70. The molecule has 0 bridgehead atoms. The summed E-state index contributed by atoms with van der Waals surface area (Å²) in [4.78, 5) is 0. The Morgan fingerprint density at radius 2 is 2.00 bits per heavy atom. The molecule has 0 unspecified atom stereocenters. The van der Waals surface area contributed by atoms with E-state index in [1.807, 2.05) is 32.1 Å². The van der Waals surface area contributed by atoms with Crippen LogP contribution in [0.25, 0.3) is 0 Å². The molecule has 0 saturated carbocycles. The number of rotatable bonds is 1. The van der Waals surface area contributed by atoms with Gasteiger partial charge in [0.25, 0.3) is 0 Å². The van der Waals surface area contributed by atoms with E-state index in [1.54, 1.807) is 0 Å². The van der Waals surface area contributed by atoms with E-state index in [-0.39, 0.29) is 0 Å². The standard InChI is InChI=1S/C6H9Cl/c1-3-5-6(7)4-2/h3-5H,1-2H3/b5-3-,6-4+. The van der Waals surface area contributed by atoms with E-state index in [9.17, 15) is 0 Å². The average Bonchev–Trinajstić information content (AvgIpc) is 1.68. The predicted molar refractivity (Wildman–Crippen MR) is 34.4 cm³/mol. The van der Waals surface area contributed by atoms with Gasteiger partial charge in [-0.3, -0.25) is 0 Å². The van der Waals surface area contributed by atoms with Crippen LogP contribution >= 0.6 is 11.6 Å². The second kappa shape index (κ2) is 3.94. The average molecular weight is 117 g/mol. The molecule has 0 rings (SSSR count). The van der Waals surface area contributed by atoms with Crippen LogP contribution in [0.4, 0.5) is 0 Å². The molecule has 0 spiro atoms. The smallest absolute Gasteiger partial charge is 0.0360 e. The number of hydrogen-bond donors (Lipinski definition) is 0. The van der Waals surface area contributed by atoms with Crippen LogP contribution in [0.15, 0.2) is 23.3 Å². The van der Waals surface area contributed by atoms with Crippen molar-refractivity contribution in [1.29, 1.82) is 0 Å². The summed E-state index contributed by atoms with van der Waals surface area (Å²) in [7, 11) is 0. The van der Waals surface area contributed by atoms with Gasteiger partial charge in [-0.15, -0.1) is 0 Å². The zero-order valence-corrected chi connectivity index (χ0v) is 5.37. The van der Waals surface area contributed by atoms with Gasteiger partial charge in [-0.2, -0.15) is 0 Å². The maximum Gasteiger partial charge on any atom is 0.0360 e. The molecule has 7 heavy (non-hydrogen) atoms. The van der Waals surface area contributed by atoms with Crippen LogP contribution in [0.3, 0.4) is 0 Å². The molecule has 0 amide bonds. The highest BCUT2D eigenvalue weighted by atomic mass is 35.5. The molecule has 1 heteroatoms. The maximum absolute atomic E-state index is 5.54. The Balaban J connectivity index is 3.58. The lowest BCUT2D eigenvalue weighted by molar-refractivity contribution is 1.65. The van der Waals surface area contributed by atoms with Crippen molar-refractivity contribution in [3.05, 3.63) is 23.3 Å². The van der Waals surface area contributed by atoms with Gasteiger partial charge in [0.2, 0.25) is 0 Å². The minimum Gasteiger partial charge on any atom is -0.0862 e. The van der Waals surface area contributed by atoms with Gasteiger partial charge in [0.05, 0.1) is 0 Å². The minimum absolute atomic E-state index is 0.794. The van der Waals surface area contributed by atoms with Crippen molar-refractivity contribution < 1.29 is 0 Å². The fraction of sp³-hybridized carbons (Fsp3) is 0.333. The van der Waals surface area contributed by atoms with Crippen LogP contribution < -0.4 is 0 Å². The summed E-state index contributed by atoms with van der Waals surface area (Å²) in [6.45, 7) is 3.84. The number of halogens is 1. The van der Waals surface area contributed by atoms with Crippen molar-refractivity contribution in [1.82, 2.24) is 0 Å². The Morgan fingerprint density at radius 1 is 1.43 bits per heavy atom. The van der Waals surface area contributed by atoms with E-state index in [4.69, 9.17) is 11.6 Å². The highest BCUT2D eigenvalue weighted by Crippen LogP contribution is 2.00. The van der Waals surface area contributed by atoms with Crippen LogP contribution in [-0.2, 0) is 0 Å². The first-order valence-corrected chi connectivity index (χ1v) is 2.63. The SMILES string of the molecule is C/C=C\C(Cl)=C/C. The fourth-order valence-electron chi connectivity index (χ4n) is 0.255. The van der Waals surface area contributed by atoms with Crippen molar-refractivity contribution in [2.75, 3.05) is 0 Å². The molecule has 0 heterocycles. The van der Waals surface area contributed by atoms with E-state index in [2.05, 4.69) is 0 Å². The Hall–Kier alpha value is -0.230. The van der Waals surface area contributed by atoms with Crippen molar-refractivity contribution in [2.24, 2.45) is 0 Å². The van der Waals surface area contributed by atoms with Gasteiger partial charge in [-0.25, -0.2) is 0 Å². The first-order chi connectivity index (χ1) is 3.31. The second-order valence-corrected chi connectivity index (χ2v) is 1.61. The third-order valence-corrected chi connectivity index (χ3v) is 0.946. The van der Waals surface area contributed by atoms with E-state index in [1.165, 1.54) is 0 Å². The molecule has 0 nitrogen and oxygen atoms in total. The molecule has 0 saturated heterocycles. The molecule has 0 aliphatic rings. The lowest BCUT2D eigenvalue weighted by Gasteiger charge is -1.78. The molecule has 0 fully saturated rings. The van der Waals surface area contributed by atoms with Crippen LogP contribution in [-0.4, -0.2) is 0 Å². The summed E-state index contributed by atoms with van der Waals surface area (Å²) in [5.74, 6) is 0. The summed E-state index contributed by atoms with van der Waals surface area (Å²) >= 11 is 5.54. The second-order valence-electron chi connectivity index (χ2n) is 1.17. The maximum atomic E-state index is 5.54. The molecule has 0 aromatic carbocycles. The first-order valence-electron chi connectivity index (χ1n) is 2.25. The van der Waals surface area contributed by atoms with E-state index in [0.717, 1.165) is 5.03 Å². The van der Waals surface area contributed by atoms with Crippen LogP contribution in [0, 0.1) is 0 Å². The molecule has 40 valence electrons. The van der Waals surface area contributed by atoms with Gasteiger partial charge in [-0.1, -0.05) is 23.8 Å². The molecule has 0 aliphatic carbocycles. The van der Waals surface area contributed by atoms with Gasteiger partial charge >= 0.3 is 0 Å². The normalized spacial score (nSPS) is 13.3. The minimum atomic E-state index is 0.794. The van der Waals surface area contributed by atoms with Gasteiger partial charge < -0.3 is 0 Å². The van der Waals surface area contributed by atoms with Crippen molar-refractivity contribution >= 4 is 11.6 Å². The van der Waals surface area contributed by atoms with E-state index < -0.39 is 0 Å².